The van der Waals surface area contributed by atoms with Crippen LogP contribution in [0.1, 0.15) is 26.7 Å². The van der Waals surface area contributed by atoms with Crippen LogP contribution < -0.4 is 5.32 Å². The van der Waals surface area contributed by atoms with Gasteiger partial charge in [0.1, 0.15) is 0 Å². The molecule has 76 valence electrons. The minimum atomic E-state index is 0.205. The van der Waals surface area contributed by atoms with Crippen molar-refractivity contribution in [3.8, 4) is 0 Å². The zero-order chi connectivity index (χ0) is 9.84. The molecular weight excluding hydrogens is 164 g/mol. The molecule has 1 aliphatic heterocycles. The summed E-state index contributed by atoms with van der Waals surface area (Å²) in [5.74, 6) is 0.510. The van der Waals surface area contributed by atoms with Crippen molar-refractivity contribution >= 4 is 5.91 Å². The molecule has 1 N–H and O–H groups in total. The Labute approximate surface area is 80.5 Å². The molecule has 0 aromatic carbocycles. The molecule has 2 unspecified atom stereocenters. The summed E-state index contributed by atoms with van der Waals surface area (Å²) in [6.45, 7) is 6.05. The Kier molecular flexibility index (Phi) is 3.72. The molecular formula is C10H20N2O. The van der Waals surface area contributed by atoms with Gasteiger partial charge in [-0.05, 0) is 26.3 Å². The van der Waals surface area contributed by atoms with Crippen molar-refractivity contribution in [2.45, 2.75) is 32.7 Å². The molecule has 1 aliphatic rings. The van der Waals surface area contributed by atoms with Gasteiger partial charge in [0, 0.05) is 19.6 Å². The molecule has 0 aromatic rings. The summed E-state index contributed by atoms with van der Waals surface area (Å²) in [5, 5.41) is 3.30. The fourth-order valence-corrected chi connectivity index (χ4v) is 1.92. The van der Waals surface area contributed by atoms with Crippen LogP contribution in [0.15, 0.2) is 0 Å². The van der Waals surface area contributed by atoms with Crippen molar-refractivity contribution in [2.75, 3.05) is 20.1 Å². The zero-order valence-corrected chi connectivity index (χ0v) is 8.84. The molecule has 13 heavy (non-hydrogen) atoms. The molecule has 3 heteroatoms. The Morgan fingerprint density at radius 3 is 2.77 bits per heavy atom. The largest absolute Gasteiger partial charge is 0.345 e. The number of carbonyl (C=O) groups excluding carboxylic acids is 1. The molecule has 1 fully saturated rings. The van der Waals surface area contributed by atoms with Gasteiger partial charge < -0.3 is 10.2 Å². The van der Waals surface area contributed by atoms with Gasteiger partial charge in [-0.2, -0.15) is 0 Å². The Bertz CT molecular complexity index is 182. The first-order chi connectivity index (χ1) is 6.16. The lowest BCUT2D eigenvalue weighted by atomic mass is 10.0. The highest BCUT2D eigenvalue weighted by Gasteiger charge is 2.30. The van der Waals surface area contributed by atoms with Gasteiger partial charge in [0.2, 0.25) is 5.91 Å². The summed E-state index contributed by atoms with van der Waals surface area (Å²) in [4.78, 5) is 13.7. The second kappa shape index (κ2) is 4.61. The van der Waals surface area contributed by atoms with E-state index in [1.165, 1.54) is 0 Å². The summed E-state index contributed by atoms with van der Waals surface area (Å²) in [6.07, 6.45) is 2.03. The normalized spacial score (nSPS) is 27.6. The van der Waals surface area contributed by atoms with Crippen molar-refractivity contribution in [2.24, 2.45) is 5.92 Å². The van der Waals surface area contributed by atoms with E-state index in [0.717, 1.165) is 25.9 Å². The summed E-state index contributed by atoms with van der Waals surface area (Å²) in [6, 6.07) is 0.354. The quantitative estimate of drug-likeness (QED) is 0.705. The lowest BCUT2D eigenvalue weighted by Gasteiger charge is -2.22. The molecule has 0 spiro atoms. The highest BCUT2D eigenvalue weighted by atomic mass is 16.2. The first-order valence-corrected chi connectivity index (χ1v) is 5.15. The lowest BCUT2D eigenvalue weighted by molar-refractivity contribution is -0.134. The van der Waals surface area contributed by atoms with Crippen LogP contribution in [0.3, 0.4) is 0 Å². The van der Waals surface area contributed by atoms with Crippen molar-refractivity contribution in [1.29, 1.82) is 0 Å². The van der Waals surface area contributed by atoms with E-state index in [0.29, 0.717) is 11.9 Å². The van der Waals surface area contributed by atoms with Gasteiger partial charge in [0.15, 0.2) is 0 Å². The summed E-state index contributed by atoms with van der Waals surface area (Å²) in [7, 11) is 1.90. The standard InChI is InChI=1S/C10H20N2O/c1-4-7-12(3)10(13)9-5-6-11-8(9)2/h8-9,11H,4-7H2,1-3H3. The lowest BCUT2D eigenvalue weighted by Crippen LogP contribution is -2.38. The summed E-state index contributed by atoms with van der Waals surface area (Å²) < 4.78 is 0. The highest BCUT2D eigenvalue weighted by Crippen LogP contribution is 2.17. The third-order valence-corrected chi connectivity index (χ3v) is 2.78. The van der Waals surface area contributed by atoms with Crippen LogP contribution >= 0.6 is 0 Å². The minimum absolute atomic E-state index is 0.205. The first kappa shape index (κ1) is 10.5. The van der Waals surface area contributed by atoms with Crippen LogP contribution in [-0.2, 0) is 4.79 Å². The van der Waals surface area contributed by atoms with Crippen molar-refractivity contribution in [1.82, 2.24) is 10.2 Å². The number of nitrogens with zero attached hydrogens (tertiary/aromatic N) is 1. The molecule has 0 bridgehead atoms. The van der Waals surface area contributed by atoms with Gasteiger partial charge in [-0.1, -0.05) is 6.92 Å². The number of carbonyl (C=O) groups is 1. The van der Waals surface area contributed by atoms with Gasteiger partial charge in [0.25, 0.3) is 0 Å². The van der Waals surface area contributed by atoms with E-state index in [-0.39, 0.29) is 5.92 Å². The second-order valence-corrected chi connectivity index (χ2v) is 3.90. The third kappa shape index (κ3) is 2.44. The number of hydrogen-bond acceptors (Lipinski definition) is 2. The Morgan fingerprint density at radius 1 is 1.62 bits per heavy atom. The molecule has 1 saturated heterocycles. The monoisotopic (exact) mass is 184 g/mol. The average molecular weight is 184 g/mol. The van der Waals surface area contributed by atoms with E-state index in [1.54, 1.807) is 0 Å². The molecule has 3 nitrogen and oxygen atoms in total. The highest BCUT2D eigenvalue weighted by molar-refractivity contribution is 5.79. The average Bonchev–Trinajstić information content (AvgIpc) is 2.50. The Morgan fingerprint density at radius 2 is 2.31 bits per heavy atom. The maximum absolute atomic E-state index is 11.8. The van der Waals surface area contributed by atoms with Gasteiger partial charge in [-0.15, -0.1) is 0 Å². The molecule has 2 atom stereocenters. The molecule has 1 rings (SSSR count). The summed E-state index contributed by atoms with van der Waals surface area (Å²) >= 11 is 0. The van der Waals surface area contributed by atoms with E-state index in [2.05, 4.69) is 19.2 Å². The third-order valence-electron chi connectivity index (χ3n) is 2.78. The topological polar surface area (TPSA) is 32.3 Å². The molecule has 1 heterocycles. The smallest absolute Gasteiger partial charge is 0.227 e. The Hall–Kier alpha value is -0.570. The van der Waals surface area contributed by atoms with Crippen LogP contribution in [0, 0.1) is 5.92 Å². The van der Waals surface area contributed by atoms with Gasteiger partial charge in [-0.25, -0.2) is 0 Å². The van der Waals surface area contributed by atoms with Crippen LogP contribution in [0.2, 0.25) is 0 Å². The summed E-state index contributed by atoms with van der Waals surface area (Å²) in [5.41, 5.74) is 0. The Balaban J connectivity index is 2.46. The van der Waals surface area contributed by atoms with Crippen molar-refractivity contribution < 1.29 is 4.79 Å². The van der Waals surface area contributed by atoms with E-state index in [1.807, 2.05) is 11.9 Å². The van der Waals surface area contributed by atoms with Crippen molar-refractivity contribution in [3.63, 3.8) is 0 Å². The maximum Gasteiger partial charge on any atom is 0.227 e. The number of nitrogens with one attached hydrogen (secondary N) is 1. The second-order valence-electron chi connectivity index (χ2n) is 3.90. The van der Waals surface area contributed by atoms with Crippen LogP contribution in [0.25, 0.3) is 0 Å². The SMILES string of the molecule is CCCN(C)C(=O)C1CCNC1C. The first-order valence-electron chi connectivity index (χ1n) is 5.15. The predicted octanol–water partition coefficient (Wildman–Crippen LogP) is 0.853. The fourth-order valence-electron chi connectivity index (χ4n) is 1.92. The number of amides is 1. The molecule has 0 aromatic heterocycles. The van der Waals surface area contributed by atoms with Gasteiger partial charge in [-0.3, -0.25) is 4.79 Å². The zero-order valence-electron chi connectivity index (χ0n) is 8.84. The van der Waals surface area contributed by atoms with Gasteiger partial charge in [0.05, 0.1) is 5.92 Å². The van der Waals surface area contributed by atoms with Crippen LogP contribution in [0.4, 0.5) is 0 Å². The van der Waals surface area contributed by atoms with E-state index in [9.17, 15) is 4.79 Å². The van der Waals surface area contributed by atoms with E-state index >= 15 is 0 Å². The van der Waals surface area contributed by atoms with Gasteiger partial charge >= 0.3 is 0 Å². The number of rotatable bonds is 3. The minimum Gasteiger partial charge on any atom is -0.345 e. The van der Waals surface area contributed by atoms with Crippen LogP contribution in [-0.4, -0.2) is 37.0 Å². The molecule has 0 aliphatic carbocycles. The molecule has 1 amide bonds. The van der Waals surface area contributed by atoms with Crippen LogP contribution in [0.5, 0.6) is 0 Å². The van der Waals surface area contributed by atoms with Crippen molar-refractivity contribution in [3.05, 3.63) is 0 Å². The number of hydrogen-bond donors (Lipinski definition) is 1. The predicted molar refractivity (Wildman–Crippen MR) is 53.5 cm³/mol. The molecule has 0 radical (unpaired) electrons. The fraction of sp³-hybridized carbons (Fsp3) is 0.900. The molecule has 0 saturated carbocycles. The van der Waals surface area contributed by atoms with E-state index in [4.69, 9.17) is 0 Å². The van der Waals surface area contributed by atoms with E-state index < -0.39 is 0 Å². The maximum atomic E-state index is 11.8.